The molecule has 29 heavy (non-hydrogen) atoms. The summed E-state index contributed by atoms with van der Waals surface area (Å²) in [7, 11) is 4.30. The highest BCUT2D eigenvalue weighted by Gasteiger charge is 2.22. The van der Waals surface area contributed by atoms with Gasteiger partial charge in [0.15, 0.2) is 18.1 Å². The highest BCUT2D eigenvalue weighted by Crippen LogP contribution is 2.39. The molecule has 1 amide bonds. The summed E-state index contributed by atoms with van der Waals surface area (Å²) in [4.78, 5) is 37.1. The minimum atomic E-state index is -0.710. The van der Waals surface area contributed by atoms with Crippen molar-refractivity contribution in [1.29, 1.82) is 0 Å². The Balaban J connectivity index is 2.01. The zero-order valence-corrected chi connectivity index (χ0v) is 17.5. The molecule has 0 aliphatic carbocycles. The fraction of sp³-hybridized carbons (Fsp3) is 0.350. The van der Waals surface area contributed by atoms with Gasteiger partial charge in [-0.1, -0.05) is 0 Å². The second-order valence-electron chi connectivity index (χ2n) is 5.88. The molecule has 156 valence electrons. The Morgan fingerprint density at radius 3 is 2.31 bits per heavy atom. The van der Waals surface area contributed by atoms with Crippen molar-refractivity contribution in [2.45, 2.75) is 13.3 Å². The highest BCUT2D eigenvalue weighted by atomic mass is 32.1. The summed E-state index contributed by atoms with van der Waals surface area (Å²) in [5.74, 6) is -0.289. The average Bonchev–Trinajstić information content (AvgIpc) is 3.19. The molecule has 0 saturated heterocycles. The van der Waals surface area contributed by atoms with E-state index in [1.54, 1.807) is 12.1 Å². The van der Waals surface area contributed by atoms with Gasteiger partial charge in [0.05, 0.1) is 26.2 Å². The van der Waals surface area contributed by atoms with E-state index >= 15 is 0 Å². The van der Waals surface area contributed by atoms with Gasteiger partial charge in [0.1, 0.15) is 5.56 Å². The molecular weight excluding hydrogens is 398 g/mol. The maximum absolute atomic E-state index is 12.5. The van der Waals surface area contributed by atoms with Crippen molar-refractivity contribution in [2.24, 2.45) is 0 Å². The molecule has 0 aliphatic rings. The number of hydrogen-bond donors (Lipinski definition) is 1. The smallest absolute Gasteiger partial charge is 0.342 e. The van der Waals surface area contributed by atoms with E-state index < -0.39 is 12.6 Å². The molecule has 0 saturated carbocycles. The number of ether oxygens (including phenoxy) is 4. The van der Waals surface area contributed by atoms with Crippen LogP contribution in [-0.2, 0) is 16.0 Å². The van der Waals surface area contributed by atoms with Gasteiger partial charge in [-0.2, -0.15) is 0 Å². The summed E-state index contributed by atoms with van der Waals surface area (Å²) in [6.45, 7) is 1.55. The summed E-state index contributed by atoms with van der Waals surface area (Å²) >= 11 is 1.31. The summed E-state index contributed by atoms with van der Waals surface area (Å²) in [6.07, 6.45) is 0.625. The number of carbonyl (C=O) groups excluding carboxylic acids is 3. The topological polar surface area (TPSA) is 100 Å². The number of rotatable bonds is 10. The maximum Gasteiger partial charge on any atom is 0.342 e. The van der Waals surface area contributed by atoms with E-state index in [4.69, 9.17) is 18.9 Å². The van der Waals surface area contributed by atoms with Gasteiger partial charge in [0.25, 0.3) is 0 Å². The molecule has 0 radical (unpaired) electrons. The van der Waals surface area contributed by atoms with Crippen LogP contribution in [0.2, 0.25) is 0 Å². The van der Waals surface area contributed by atoms with Crippen LogP contribution in [0, 0.1) is 0 Å². The molecule has 9 heteroatoms. The molecule has 0 unspecified atom stereocenters. The fourth-order valence-electron chi connectivity index (χ4n) is 2.57. The van der Waals surface area contributed by atoms with Crippen LogP contribution < -0.4 is 19.5 Å². The average molecular weight is 421 g/mol. The predicted octanol–water partition coefficient (Wildman–Crippen LogP) is 2.49. The van der Waals surface area contributed by atoms with Crippen molar-refractivity contribution in [3.63, 3.8) is 0 Å². The van der Waals surface area contributed by atoms with Gasteiger partial charge in [0.2, 0.25) is 17.4 Å². The van der Waals surface area contributed by atoms with Crippen LogP contribution in [0.15, 0.2) is 24.3 Å². The molecule has 8 nitrogen and oxygen atoms in total. The quantitative estimate of drug-likeness (QED) is 0.465. The number of Topliss-reactive ketones (excluding diaryl/α,β-unsaturated/α-hetero) is 1. The molecule has 0 spiro atoms. The third kappa shape index (κ3) is 5.71. The van der Waals surface area contributed by atoms with E-state index in [-0.39, 0.29) is 28.8 Å². The van der Waals surface area contributed by atoms with Gasteiger partial charge in [0, 0.05) is 18.3 Å². The fourth-order valence-corrected chi connectivity index (χ4v) is 3.50. The molecule has 0 bridgehead atoms. The molecule has 1 heterocycles. The van der Waals surface area contributed by atoms with Gasteiger partial charge in [-0.15, -0.1) is 11.3 Å². The zero-order chi connectivity index (χ0) is 21.4. The van der Waals surface area contributed by atoms with Crippen molar-refractivity contribution in [3.8, 4) is 17.2 Å². The Hall–Kier alpha value is -3.07. The SMILES string of the molecule is COc1ccc(C(=O)OCC(=O)c2ccc(CCNC(C)=O)s2)c(OC)c1OC. The first kappa shape index (κ1) is 22.2. The van der Waals surface area contributed by atoms with Crippen LogP contribution in [0.4, 0.5) is 0 Å². The molecule has 2 aromatic rings. The Kier molecular flexibility index (Phi) is 8.02. The lowest BCUT2D eigenvalue weighted by Crippen LogP contribution is -2.22. The van der Waals surface area contributed by atoms with Crippen LogP contribution in [0.5, 0.6) is 17.2 Å². The molecule has 0 aliphatic heterocycles. The van der Waals surface area contributed by atoms with E-state index in [1.165, 1.54) is 45.7 Å². The lowest BCUT2D eigenvalue weighted by Gasteiger charge is -2.14. The molecule has 1 aromatic carbocycles. The van der Waals surface area contributed by atoms with Crippen LogP contribution in [-0.4, -0.2) is 52.1 Å². The van der Waals surface area contributed by atoms with Crippen molar-refractivity contribution >= 4 is 29.0 Å². The maximum atomic E-state index is 12.5. The summed E-state index contributed by atoms with van der Waals surface area (Å²) in [5.41, 5.74) is 0.125. The standard InChI is InChI=1S/C20H23NO7S/c1-12(22)21-10-9-13-5-8-17(29-13)15(23)11-28-20(24)14-6-7-16(25-2)19(27-4)18(14)26-3/h5-8H,9-11H2,1-4H3,(H,21,22). The molecule has 1 N–H and O–H groups in total. The number of thiophene rings is 1. The predicted molar refractivity (Wildman–Crippen MR) is 107 cm³/mol. The summed E-state index contributed by atoms with van der Waals surface area (Å²) < 4.78 is 20.9. The largest absolute Gasteiger partial charge is 0.493 e. The van der Waals surface area contributed by atoms with Gasteiger partial charge >= 0.3 is 5.97 Å². The van der Waals surface area contributed by atoms with Gasteiger partial charge in [-0.05, 0) is 30.7 Å². The van der Waals surface area contributed by atoms with Crippen molar-refractivity contribution in [3.05, 3.63) is 39.6 Å². The second kappa shape index (κ2) is 10.5. The Bertz CT molecular complexity index is 891. The number of esters is 1. The van der Waals surface area contributed by atoms with Gasteiger partial charge in [-0.25, -0.2) is 4.79 Å². The molecule has 0 fully saturated rings. The third-order valence-electron chi connectivity index (χ3n) is 3.94. The Labute approximate surface area is 172 Å². The molecule has 1 aromatic heterocycles. The minimum absolute atomic E-state index is 0.102. The zero-order valence-electron chi connectivity index (χ0n) is 16.7. The number of methoxy groups -OCH3 is 3. The second-order valence-corrected chi connectivity index (χ2v) is 7.05. The first-order valence-corrected chi connectivity index (χ1v) is 9.55. The number of nitrogens with one attached hydrogen (secondary N) is 1. The van der Waals surface area contributed by atoms with Crippen LogP contribution in [0.1, 0.15) is 31.8 Å². The molecule has 0 atom stereocenters. The van der Waals surface area contributed by atoms with E-state index in [2.05, 4.69) is 5.32 Å². The van der Waals surface area contributed by atoms with Crippen LogP contribution >= 0.6 is 11.3 Å². The van der Waals surface area contributed by atoms with Crippen LogP contribution in [0.3, 0.4) is 0 Å². The van der Waals surface area contributed by atoms with Crippen molar-refractivity contribution in [2.75, 3.05) is 34.5 Å². The lowest BCUT2D eigenvalue weighted by atomic mass is 10.1. The molecule has 2 rings (SSSR count). The van der Waals surface area contributed by atoms with E-state index in [9.17, 15) is 14.4 Å². The lowest BCUT2D eigenvalue weighted by molar-refractivity contribution is -0.118. The Morgan fingerprint density at radius 2 is 1.69 bits per heavy atom. The monoisotopic (exact) mass is 421 g/mol. The minimum Gasteiger partial charge on any atom is -0.493 e. The first-order chi connectivity index (χ1) is 13.9. The highest BCUT2D eigenvalue weighted by molar-refractivity contribution is 7.14. The van der Waals surface area contributed by atoms with Crippen LogP contribution in [0.25, 0.3) is 0 Å². The van der Waals surface area contributed by atoms with E-state index in [1.807, 2.05) is 6.07 Å². The van der Waals surface area contributed by atoms with E-state index in [0.29, 0.717) is 23.6 Å². The van der Waals surface area contributed by atoms with Crippen molar-refractivity contribution in [1.82, 2.24) is 5.32 Å². The Morgan fingerprint density at radius 1 is 0.966 bits per heavy atom. The number of hydrogen-bond acceptors (Lipinski definition) is 8. The van der Waals surface area contributed by atoms with E-state index in [0.717, 1.165) is 4.88 Å². The summed E-state index contributed by atoms with van der Waals surface area (Å²) in [6, 6.07) is 6.54. The molecular formula is C20H23NO7S. The number of carbonyl (C=O) groups is 3. The summed E-state index contributed by atoms with van der Waals surface area (Å²) in [5, 5.41) is 2.70. The van der Waals surface area contributed by atoms with Gasteiger partial charge in [-0.3, -0.25) is 9.59 Å². The number of benzene rings is 1. The number of amides is 1. The number of ketones is 1. The van der Waals surface area contributed by atoms with Gasteiger partial charge < -0.3 is 24.3 Å². The van der Waals surface area contributed by atoms with Crippen molar-refractivity contribution < 1.29 is 33.3 Å². The first-order valence-electron chi connectivity index (χ1n) is 8.73. The third-order valence-corrected chi connectivity index (χ3v) is 5.13. The normalized spacial score (nSPS) is 10.2.